The van der Waals surface area contributed by atoms with Crippen LogP contribution >= 0.6 is 0 Å². The number of aromatic nitrogens is 1. The SMILES string of the molecule is COc1cc(C(F)F)c(=O)[nH]c1C(=O)O. The summed E-state index contributed by atoms with van der Waals surface area (Å²) >= 11 is 0. The van der Waals surface area contributed by atoms with Gasteiger partial charge in [0.25, 0.3) is 12.0 Å². The van der Waals surface area contributed by atoms with E-state index in [1.807, 2.05) is 4.98 Å². The van der Waals surface area contributed by atoms with Crippen molar-refractivity contribution in [2.75, 3.05) is 7.11 Å². The molecular weight excluding hydrogens is 212 g/mol. The molecule has 0 aliphatic heterocycles. The van der Waals surface area contributed by atoms with Crippen LogP contribution in [0, 0.1) is 0 Å². The van der Waals surface area contributed by atoms with Gasteiger partial charge in [-0.15, -0.1) is 0 Å². The van der Waals surface area contributed by atoms with Crippen LogP contribution in [0.25, 0.3) is 0 Å². The first-order chi connectivity index (χ1) is 6.97. The molecule has 0 saturated heterocycles. The van der Waals surface area contributed by atoms with Crippen molar-refractivity contribution in [3.8, 4) is 5.75 Å². The fraction of sp³-hybridized carbons (Fsp3) is 0.250. The second kappa shape index (κ2) is 4.07. The number of rotatable bonds is 3. The monoisotopic (exact) mass is 219 g/mol. The summed E-state index contributed by atoms with van der Waals surface area (Å²) in [5, 5.41) is 8.61. The lowest BCUT2D eigenvalue weighted by Gasteiger charge is -2.06. The van der Waals surface area contributed by atoms with Crippen LogP contribution in [0.15, 0.2) is 10.9 Å². The van der Waals surface area contributed by atoms with Gasteiger partial charge in [-0.1, -0.05) is 0 Å². The van der Waals surface area contributed by atoms with E-state index in [2.05, 4.69) is 4.74 Å². The lowest BCUT2D eigenvalue weighted by Crippen LogP contribution is -2.18. The molecule has 0 spiro atoms. The van der Waals surface area contributed by atoms with Crippen LogP contribution in [0.4, 0.5) is 8.78 Å². The first kappa shape index (κ1) is 11.2. The lowest BCUT2D eigenvalue weighted by molar-refractivity contribution is 0.0685. The minimum atomic E-state index is -2.98. The number of hydrogen-bond acceptors (Lipinski definition) is 3. The smallest absolute Gasteiger partial charge is 0.356 e. The van der Waals surface area contributed by atoms with E-state index in [-0.39, 0.29) is 5.75 Å². The molecule has 1 aromatic heterocycles. The molecule has 0 fully saturated rings. The Morgan fingerprint density at radius 3 is 2.60 bits per heavy atom. The van der Waals surface area contributed by atoms with E-state index >= 15 is 0 Å². The summed E-state index contributed by atoms with van der Waals surface area (Å²) in [6.07, 6.45) is -2.98. The van der Waals surface area contributed by atoms with E-state index in [0.717, 1.165) is 7.11 Å². The Labute approximate surface area is 82.3 Å². The summed E-state index contributed by atoms with van der Waals surface area (Å²) in [6, 6.07) is 0.715. The molecule has 1 aromatic rings. The summed E-state index contributed by atoms with van der Waals surface area (Å²) < 4.78 is 29.1. The van der Waals surface area contributed by atoms with Gasteiger partial charge >= 0.3 is 5.97 Å². The molecule has 0 saturated carbocycles. The van der Waals surface area contributed by atoms with Gasteiger partial charge in [-0.3, -0.25) is 4.79 Å². The molecule has 5 nitrogen and oxygen atoms in total. The number of aromatic amines is 1. The third-order valence-electron chi connectivity index (χ3n) is 1.70. The predicted molar refractivity (Wildman–Crippen MR) is 45.5 cm³/mol. The normalized spacial score (nSPS) is 10.4. The molecule has 0 atom stereocenters. The Morgan fingerprint density at radius 1 is 1.60 bits per heavy atom. The highest BCUT2D eigenvalue weighted by Gasteiger charge is 2.19. The van der Waals surface area contributed by atoms with E-state index in [0.29, 0.717) is 6.07 Å². The average Bonchev–Trinajstić information content (AvgIpc) is 2.16. The summed E-state index contributed by atoms with van der Waals surface area (Å²) in [6.45, 7) is 0. The van der Waals surface area contributed by atoms with Crippen LogP contribution in [0.5, 0.6) is 5.75 Å². The quantitative estimate of drug-likeness (QED) is 0.795. The molecule has 82 valence electrons. The number of carbonyl (C=O) groups is 1. The number of carboxylic acid groups (broad SMARTS) is 1. The summed E-state index contributed by atoms with van der Waals surface area (Å²) in [4.78, 5) is 23.4. The summed E-state index contributed by atoms with van der Waals surface area (Å²) in [5.41, 5.74) is -2.51. The number of hydrogen-bond donors (Lipinski definition) is 2. The highest BCUT2D eigenvalue weighted by Crippen LogP contribution is 2.21. The van der Waals surface area contributed by atoms with E-state index < -0.39 is 29.2 Å². The predicted octanol–water partition coefficient (Wildman–Crippen LogP) is 1.02. The van der Waals surface area contributed by atoms with Crippen molar-refractivity contribution < 1.29 is 23.4 Å². The first-order valence-corrected chi connectivity index (χ1v) is 3.80. The number of carboxylic acids is 1. The zero-order valence-electron chi connectivity index (χ0n) is 7.58. The molecule has 0 aliphatic carbocycles. The third kappa shape index (κ3) is 2.12. The molecule has 0 aliphatic rings. The van der Waals surface area contributed by atoms with Gasteiger partial charge < -0.3 is 14.8 Å². The van der Waals surface area contributed by atoms with E-state index in [1.165, 1.54) is 0 Å². The maximum Gasteiger partial charge on any atom is 0.356 e. The molecule has 1 heterocycles. The van der Waals surface area contributed by atoms with Gasteiger partial charge in [0.05, 0.1) is 12.7 Å². The van der Waals surface area contributed by atoms with E-state index in [1.54, 1.807) is 0 Å². The second-order valence-corrected chi connectivity index (χ2v) is 2.60. The van der Waals surface area contributed by atoms with Crippen molar-refractivity contribution in [2.45, 2.75) is 6.43 Å². The zero-order valence-corrected chi connectivity index (χ0v) is 7.58. The minimum Gasteiger partial charge on any atom is -0.494 e. The largest absolute Gasteiger partial charge is 0.494 e. The third-order valence-corrected chi connectivity index (χ3v) is 1.70. The van der Waals surface area contributed by atoms with Crippen molar-refractivity contribution >= 4 is 5.97 Å². The molecule has 1 rings (SSSR count). The molecule has 15 heavy (non-hydrogen) atoms. The first-order valence-electron chi connectivity index (χ1n) is 3.80. The topological polar surface area (TPSA) is 79.4 Å². The highest BCUT2D eigenvalue weighted by atomic mass is 19.3. The maximum absolute atomic E-state index is 12.3. The lowest BCUT2D eigenvalue weighted by atomic mass is 10.2. The number of aromatic carboxylic acids is 1. The van der Waals surface area contributed by atoms with Gasteiger partial charge in [0.15, 0.2) is 11.4 Å². The Kier molecular flexibility index (Phi) is 3.03. The number of pyridine rings is 1. The zero-order chi connectivity index (χ0) is 11.6. The molecule has 0 aromatic carbocycles. The molecule has 0 bridgehead atoms. The molecule has 0 radical (unpaired) electrons. The number of methoxy groups -OCH3 is 1. The van der Waals surface area contributed by atoms with Gasteiger partial charge in [-0.2, -0.15) is 0 Å². The van der Waals surface area contributed by atoms with Crippen molar-refractivity contribution in [3.05, 3.63) is 27.7 Å². The van der Waals surface area contributed by atoms with Gasteiger partial charge in [0, 0.05) is 0 Å². The van der Waals surface area contributed by atoms with E-state index in [9.17, 15) is 18.4 Å². The molecule has 7 heteroatoms. The Bertz CT molecular complexity index is 441. The van der Waals surface area contributed by atoms with Gasteiger partial charge in [-0.05, 0) is 6.07 Å². The fourth-order valence-electron chi connectivity index (χ4n) is 1.01. The van der Waals surface area contributed by atoms with Crippen molar-refractivity contribution in [1.29, 1.82) is 0 Å². The van der Waals surface area contributed by atoms with Crippen LogP contribution in [0.2, 0.25) is 0 Å². The second-order valence-electron chi connectivity index (χ2n) is 2.60. The summed E-state index contributed by atoms with van der Waals surface area (Å²) in [5.74, 6) is -1.76. The maximum atomic E-state index is 12.3. The number of halogens is 2. The van der Waals surface area contributed by atoms with Crippen LogP contribution in [0.1, 0.15) is 22.5 Å². The molecule has 2 N–H and O–H groups in total. The van der Waals surface area contributed by atoms with Crippen LogP contribution in [0.3, 0.4) is 0 Å². The minimum absolute atomic E-state index is 0.308. The van der Waals surface area contributed by atoms with Crippen LogP contribution in [-0.2, 0) is 0 Å². The number of alkyl halides is 2. The Morgan fingerprint density at radius 2 is 2.20 bits per heavy atom. The Hall–Kier alpha value is -1.92. The fourth-order valence-corrected chi connectivity index (χ4v) is 1.01. The Balaban J connectivity index is 3.42. The summed E-state index contributed by atoms with van der Waals surface area (Å²) in [7, 11) is 1.12. The van der Waals surface area contributed by atoms with Gasteiger partial charge in [0.1, 0.15) is 0 Å². The highest BCUT2D eigenvalue weighted by molar-refractivity contribution is 5.88. The standard InChI is InChI=1S/C8H7F2NO4/c1-15-4-2-3(6(9)10)7(12)11-5(4)8(13)14/h2,6H,1H3,(H,11,12)(H,13,14). The number of nitrogens with one attached hydrogen (secondary N) is 1. The van der Waals surface area contributed by atoms with Gasteiger partial charge in [0.2, 0.25) is 0 Å². The average molecular weight is 219 g/mol. The van der Waals surface area contributed by atoms with Crippen molar-refractivity contribution in [3.63, 3.8) is 0 Å². The number of ether oxygens (including phenoxy) is 1. The molecule has 0 amide bonds. The molecule has 0 unspecified atom stereocenters. The van der Waals surface area contributed by atoms with Crippen molar-refractivity contribution in [2.24, 2.45) is 0 Å². The van der Waals surface area contributed by atoms with Crippen molar-refractivity contribution in [1.82, 2.24) is 4.98 Å². The van der Waals surface area contributed by atoms with Gasteiger partial charge in [-0.25, -0.2) is 13.6 Å². The molecular formula is C8H7F2NO4. The van der Waals surface area contributed by atoms with Crippen LogP contribution < -0.4 is 10.3 Å². The number of H-pyrrole nitrogens is 1. The van der Waals surface area contributed by atoms with E-state index in [4.69, 9.17) is 5.11 Å². The van der Waals surface area contributed by atoms with Crippen LogP contribution in [-0.4, -0.2) is 23.2 Å².